The molecule has 0 fully saturated rings. The molecular formula is C9H5BrF5NO2. The molecule has 0 aliphatic heterocycles. The van der Waals surface area contributed by atoms with Crippen molar-refractivity contribution < 1.29 is 31.5 Å². The molecule has 9 heteroatoms. The number of rotatable bonds is 4. The zero-order valence-corrected chi connectivity index (χ0v) is 10.1. The maximum Gasteiger partial charge on any atom is 0.574 e. The number of pyridine rings is 1. The van der Waals surface area contributed by atoms with Gasteiger partial charge in [0.1, 0.15) is 5.69 Å². The maximum atomic E-state index is 12.5. The summed E-state index contributed by atoms with van der Waals surface area (Å²) < 4.78 is 64.7. The number of nitrogens with zero attached hydrogens (tertiary/aromatic N) is 1. The molecule has 0 aliphatic carbocycles. The van der Waals surface area contributed by atoms with Gasteiger partial charge in [0.25, 0.3) is 6.43 Å². The summed E-state index contributed by atoms with van der Waals surface area (Å²) in [6.07, 6.45) is -8.09. The number of hydrogen-bond acceptors (Lipinski definition) is 3. The van der Waals surface area contributed by atoms with Crippen LogP contribution in [-0.2, 0) is 5.33 Å². The summed E-state index contributed by atoms with van der Waals surface area (Å²) >= 11 is 2.83. The molecule has 3 nitrogen and oxygen atoms in total. The lowest BCUT2D eigenvalue weighted by Gasteiger charge is -2.13. The highest BCUT2D eigenvalue weighted by Gasteiger charge is 2.33. The van der Waals surface area contributed by atoms with Crippen LogP contribution in [0.2, 0.25) is 0 Å². The summed E-state index contributed by atoms with van der Waals surface area (Å²) in [5.74, 6) is -0.925. The van der Waals surface area contributed by atoms with Gasteiger partial charge in [0, 0.05) is 16.5 Å². The van der Waals surface area contributed by atoms with Crippen LogP contribution in [0.5, 0.6) is 5.88 Å². The fourth-order valence-corrected chi connectivity index (χ4v) is 1.53. The van der Waals surface area contributed by atoms with E-state index in [0.29, 0.717) is 0 Å². The first kappa shape index (κ1) is 14.8. The van der Waals surface area contributed by atoms with Gasteiger partial charge in [-0.25, -0.2) is 13.8 Å². The van der Waals surface area contributed by atoms with Gasteiger partial charge < -0.3 is 4.74 Å². The van der Waals surface area contributed by atoms with Crippen molar-refractivity contribution in [3.8, 4) is 5.88 Å². The monoisotopic (exact) mass is 333 g/mol. The van der Waals surface area contributed by atoms with Crippen LogP contribution in [0.15, 0.2) is 6.07 Å². The number of hydrogen-bond donors (Lipinski definition) is 0. The standard InChI is InChI=1S/C9H5BrF5NO2/c10-2-4-1-5(7(11)12)6(3-17)16-8(4)18-9(13,14)15/h1,3,7H,2H2. The molecule has 0 saturated carbocycles. The lowest BCUT2D eigenvalue weighted by atomic mass is 10.1. The van der Waals surface area contributed by atoms with Crippen LogP contribution in [0, 0.1) is 0 Å². The number of alkyl halides is 6. The molecule has 1 aromatic heterocycles. The first-order valence-corrected chi connectivity index (χ1v) is 5.49. The van der Waals surface area contributed by atoms with Crippen molar-refractivity contribution in [1.82, 2.24) is 4.98 Å². The summed E-state index contributed by atoms with van der Waals surface area (Å²) in [4.78, 5) is 13.7. The van der Waals surface area contributed by atoms with Crippen LogP contribution in [-0.4, -0.2) is 17.6 Å². The van der Waals surface area contributed by atoms with Crippen LogP contribution in [0.3, 0.4) is 0 Å². The molecule has 0 spiro atoms. The van der Waals surface area contributed by atoms with Gasteiger partial charge in [-0.2, -0.15) is 0 Å². The van der Waals surface area contributed by atoms with Crippen LogP contribution < -0.4 is 4.74 Å². The molecule has 1 heterocycles. The Labute approximate surface area is 106 Å². The van der Waals surface area contributed by atoms with Gasteiger partial charge in [-0.1, -0.05) is 15.9 Å². The number of aldehydes is 1. The highest BCUT2D eigenvalue weighted by atomic mass is 79.9. The predicted octanol–water partition coefficient (Wildman–Crippen LogP) is 3.63. The lowest BCUT2D eigenvalue weighted by molar-refractivity contribution is -0.276. The zero-order valence-electron chi connectivity index (χ0n) is 8.47. The van der Waals surface area contributed by atoms with Gasteiger partial charge in [0.2, 0.25) is 5.88 Å². The summed E-state index contributed by atoms with van der Waals surface area (Å²) in [6, 6.07) is 0.747. The molecule has 0 amide bonds. The minimum atomic E-state index is -5.02. The summed E-state index contributed by atoms with van der Waals surface area (Å²) in [6.45, 7) is 0. The normalized spacial score (nSPS) is 11.7. The first-order chi connectivity index (χ1) is 8.28. The van der Waals surface area contributed by atoms with Gasteiger partial charge >= 0.3 is 6.36 Å². The van der Waals surface area contributed by atoms with E-state index in [1.165, 1.54) is 0 Å². The second-order valence-electron chi connectivity index (χ2n) is 3.03. The Hall–Kier alpha value is -1.25. The average Bonchev–Trinajstić information content (AvgIpc) is 2.25. The molecule has 0 aliphatic rings. The third-order valence-electron chi connectivity index (χ3n) is 1.83. The zero-order chi connectivity index (χ0) is 13.9. The van der Waals surface area contributed by atoms with Crippen molar-refractivity contribution in [2.45, 2.75) is 18.1 Å². The van der Waals surface area contributed by atoms with Gasteiger partial charge in [0.15, 0.2) is 6.29 Å². The number of carbonyl (C=O) groups excluding carboxylic acids is 1. The predicted molar refractivity (Wildman–Crippen MR) is 53.9 cm³/mol. The molecular weight excluding hydrogens is 329 g/mol. The maximum absolute atomic E-state index is 12.5. The van der Waals surface area contributed by atoms with Crippen molar-refractivity contribution >= 4 is 22.2 Å². The van der Waals surface area contributed by atoms with Gasteiger partial charge in [0.05, 0.1) is 0 Å². The van der Waals surface area contributed by atoms with E-state index in [1.54, 1.807) is 0 Å². The molecule has 0 N–H and O–H groups in total. The summed E-state index contributed by atoms with van der Waals surface area (Å²) in [7, 11) is 0. The molecule has 0 bridgehead atoms. The lowest BCUT2D eigenvalue weighted by Crippen LogP contribution is -2.19. The number of ether oxygens (including phenoxy) is 1. The molecule has 100 valence electrons. The second kappa shape index (κ2) is 5.59. The van der Waals surface area contributed by atoms with Crippen molar-refractivity contribution in [3.63, 3.8) is 0 Å². The van der Waals surface area contributed by atoms with Crippen molar-refractivity contribution in [3.05, 3.63) is 22.9 Å². The molecule has 0 aromatic carbocycles. The van der Waals surface area contributed by atoms with Crippen molar-refractivity contribution in [2.24, 2.45) is 0 Å². The number of halogens is 6. The average molecular weight is 334 g/mol. The molecule has 0 atom stereocenters. The van der Waals surface area contributed by atoms with E-state index in [-0.39, 0.29) is 17.2 Å². The topological polar surface area (TPSA) is 39.2 Å². The van der Waals surface area contributed by atoms with Crippen LogP contribution in [0.1, 0.15) is 28.0 Å². The Morgan fingerprint density at radius 1 is 1.44 bits per heavy atom. The van der Waals surface area contributed by atoms with E-state index >= 15 is 0 Å². The molecule has 0 saturated heterocycles. The molecule has 1 aromatic rings. The Kier molecular flexibility index (Phi) is 4.60. The van der Waals surface area contributed by atoms with Gasteiger partial charge in [-0.15, -0.1) is 13.2 Å². The van der Waals surface area contributed by atoms with Crippen molar-refractivity contribution in [2.75, 3.05) is 0 Å². The minimum absolute atomic E-state index is 0.0528. The van der Waals surface area contributed by atoms with E-state index < -0.39 is 29.9 Å². The summed E-state index contributed by atoms with van der Waals surface area (Å²) in [5.41, 5.74) is -1.75. The second-order valence-corrected chi connectivity index (χ2v) is 3.59. The van der Waals surface area contributed by atoms with Crippen molar-refractivity contribution in [1.29, 1.82) is 0 Å². The quantitative estimate of drug-likeness (QED) is 0.480. The third-order valence-corrected chi connectivity index (χ3v) is 2.43. The van der Waals surface area contributed by atoms with E-state index in [2.05, 4.69) is 25.7 Å². The minimum Gasteiger partial charge on any atom is -0.388 e. The number of aromatic nitrogens is 1. The van der Waals surface area contributed by atoms with Crippen LogP contribution in [0.25, 0.3) is 0 Å². The smallest absolute Gasteiger partial charge is 0.388 e. The molecule has 1 rings (SSSR count). The van der Waals surface area contributed by atoms with Gasteiger partial charge in [-0.3, -0.25) is 4.79 Å². The van der Waals surface area contributed by atoms with E-state index in [0.717, 1.165) is 6.07 Å². The largest absolute Gasteiger partial charge is 0.574 e. The van der Waals surface area contributed by atoms with Crippen LogP contribution >= 0.6 is 15.9 Å². The molecule has 0 unspecified atom stereocenters. The third kappa shape index (κ3) is 3.62. The Bertz CT molecular complexity index is 449. The molecule has 0 radical (unpaired) electrons. The Morgan fingerprint density at radius 2 is 2.06 bits per heavy atom. The summed E-state index contributed by atoms with van der Waals surface area (Å²) in [5, 5.41) is -0.176. The fourth-order valence-electron chi connectivity index (χ4n) is 1.13. The van der Waals surface area contributed by atoms with Gasteiger partial charge in [-0.05, 0) is 6.07 Å². The van der Waals surface area contributed by atoms with E-state index in [4.69, 9.17) is 0 Å². The van der Waals surface area contributed by atoms with E-state index in [1.807, 2.05) is 0 Å². The Morgan fingerprint density at radius 3 is 2.44 bits per heavy atom. The van der Waals surface area contributed by atoms with Crippen LogP contribution in [0.4, 0.5) is 22.0 Å². The van der Waals surface area contributed by atoms with E-state index in [9.17, 15) is 26.7 Å². The fraction of sp³-hybridized carbons (Fsp3) is 0.333. The highest BCUT2D eigenvalue weighted by Crippen LogP contribution is 2.31. The highest BCUT2D eigenvalue weighted by molar-refractivity contribution is 9.08. The number of carbonyl (C=O) groups is 1. The first-order valence-electron chi connectivity index (χ1n) is 4.37. The SMILES string of the molecule is O=Cc1nc(OC(F)(F)F)c(CBr)cc1C(F)F. The molecule has 18 heavy (non-hydrogen) atoms. The Balaban J connectivity index is 3.30.